The summed E-state index contributed by atoms with van der Waals surface area (Å²) in [5.74, 6) is 0. The third kappa shape index (κ3) is 2.69. The number of rotatable bonds is 3. The van der Waals surface area contributed by atoms with Gasteiger partial charge >= 0.3 is 0 Å². The van der Waals surface area contributed by atoms with E-state index in [0.29, 0.717) is 0 Å². The van der Waals surface area contributed by atoms with Crippen molar-refractivity contribution in [3.05, 3.63) is 38.3 Å². The van der Waals surface area contributed by atoms with E-state index in [1.807, 2.05) is 0 Å². The Balaban J connectivity index is 3.13. The predicted molar refractivity (Wildman–Crippen MR) is 53.7 cm³/mol. The summed E-state index contributed by atoms with van der Waals surface area (Å²) in [5, 5.41) is 10.5. The van der Waals surface area contributed by atoms with Crippen LogP contribution >= 0.6 is 15.9 Å². The van der Waals surface area contributed by atoms with E-state index in [0.717, 1.165) is 6.07 Å². The van der Waals surface area contributed by atoms with E-state index in [1.165, 1.54) is 12.1 Å². The molecule has 0 aliphatic heterocycles. The molecule has 0 aliphatic carbocycles. The number of hydrogen-bond donors (Lipinski definition) is 1. The van der Waals surface area contributed by atoms with Gasteiger partial charge in [-0.25, -0.2) is 8.78 Å². The van der Waals surface area contributed by atoms with Gasteiger partial charge < -0.3 is 5.73 Å². The molecule has 0 amide bonds. The molecule has 0 aromatic heterocycles. The minimum Gasteiger partial charge on any atom is -0.319 e. The van der Waals surface area contributed by atoms with Crippen LogP contribution in [0.1, 0.15) is 11.6 Å². The molecule has 4 nitrogen and oxygen atoms in total. The molecule has 1 rings (SSSR count). The van der Waals surface area contributed by atoms with E-state index in [-0.39, 0.29) is 15.7 Å². The van der Waals surface area contributed by atoms with E-state index < -0.39 is 17.4 Å². The molecule has 0 spiro atoms. The van der Waals surface area contributed by atoms with E-state index in [4.69, 9.17) is 5.73 Å². The van der Waals surface area contributed by atoms with Crippen LogP contribution in [0.25, 0.3) is 0 Å². The number of alkyl halides is 2. The van der Waals surface area contributed by atoms with Gasteiger partial charge in [-0.05, 0) is 27.6 Å². The normalized spacial score (nSPS) is 12.9. The SMILES string of the molecule is N[C@H](c1ccc(Br)c([N+](=O)[O-])c1)C(F)F. The summed E-state index contributed by atoms with van der Waals surface area (Å²) in [6.45, 7) is 0. The van der Waals surface area contributed by atoms with Gasteiger partial charge in [0.25, 0.3) is 12.1 Å². The van der Waals surface area contributed by atoms with Crippen LogP contribution in [0.15, 0.2) is 22.7 Å². The van der Waals surface area contributed by atoms with Gasteiger partial charge in [-0.2, -0.15) is 0 Å². The highest BCUT2D eigenvalue weighted by molar-refractivity contribution is 9.10. The predicted octanol–water partition coefficient (Wildman–Crippen LogP) is 2.62. The summed E-state index contributed by atoms with van der Waals surface area (Å²) >= 11 is 2.95. The first-order chi connectivity index (χ1) is 6.93. The Hall–Kier alpha value is -1.08. The summed E-state index contributed by atoms with van der Waals surface area (Å²) in [4.78, 5) is 9.85. The van der Waals surface area contributed by atoms with Crippen LogP contribution < -0.4 is 5.73 Å². The number of nitro groups is 1. The van der Waals surface area contributed by atoms with Gasteiger partial charge in [-0.3, -0.25) is 10.1 Å². The molecule has 0 heterocycles. The van der Waals surface area contributed by atoms with E-state index in [9.17, 15) is 18.9 Å². The Kier molecular flexibility index (Phi) is 3.70. The molecular formula is C8H7BrF2N2O2. The number of nitrogens with zero attached hydrogens (tertiary/aromatic N) is 1. The van der Waals surface area contributed by atoms with Gasteiger partial charge in [0.2, 0.25) is 0 Å². The summed E-state index contributed by atoms with van der Waals surface area (Å²) in [6, 6.07) is 2.20. The van der Waals surface area contributed by atoms with Crippen molar-refractivity contribution in [2.75, 3.05) is 0 Å². The summed E-state index contributed by atoms with van der Waals surface area (Å²) in [6.07, 6.45) is -2.74. The maximum Gasteiger partial charge on any atom is 0.283 e. The minimum atomic E-state index is -2.74. The number of benzene rings is 1. The van der Waals surface area contributed by atoms with Crippen LogP contribution in [0.2, 0.25) is 0 Å². The first-order valence-electron chi connectivity index (χ1n) is 3.91. The molecule has 0 aliphatic rings. The Morgan fingerprint density at radius 3 is 2.53 bits per heavy atom. The minimum absolute atomic E-state index is 0.0416. The number of hydrogen-bond acceptors (Lipinski definition) is 3. The summed E-state index contributed by atoms with van der Waals surface area (Å²) in [7, 11) is 0. The van der Waals surface area contributed by atoms with Gasteiger partial charge in [0.15, 0.2) is 0 Å². The molecule has 0 radical (unpaired) electrons. The lowest BCUT2D eigenvalue weighted by atomic mass is 10.1. The lowest BCUT2D eigenvalue weighted by Crippen LogP contribution is -2.18. The highest BCUT2D eigenvalue weighted by atomic mass is 79.9. The molecule has 7 heteroatoms. The molecule has 0 saturated carbocycles. The van der Waals surface area contributed by atoms with Crippen molar-refractivity contribution in [1.29, 1.82) is 0 Å². The van der Waals surface area contributed by atoms with Gasteiger partial charge in [0, 0.05) is 6.07 Å². The van der Waals surface area contributed by atoms with Gasteiger partial charge in [0.05, 0.1) is 15.4 Å². The Morgan fingerprint density at radius 1 is 1.47 bits per heavy atom. The summed E-state index contributed by atoms with van der Waals surface area (Å²) < 4.78 is 24.7. The average molecular weight is 281 g/mol. The number of halogens is 3. The van der Waals surface area contributed by atoms with E-state index >= 15 is 0 Å². The van der Waals surface area contributed by atoms with Crippen LogP contribution in [0.3, 0.4) is 0 Å². The lowest BCUT2D eigenvalue weighted by Gasteiger charge is -2.10. The van der Waals surface area contributed by atoms with Crippen LogP contribution in [-0.4, -0.2) is 11.3 Å². The van der Waals surface area contributed by atoms with Crippen molar-refractivity contribution in [2.45, 2.75) is 12.5 Å². The molecule has 0 unspecified atom stereocenters. The standard InChI is InChI=1S/C8H7BrF2N2O2/c9-5-2-1-4(7(12)8(10)11)3-6(5)13(14)15/h1-3,7-8H,12H2/t7-/m1/s1. The second-order valence-corrected chi connectivity index (χ2v) is 3.68. The van der Waals surface area contributed by atoms with Crippen molar-refractivity contribution in [3.63, 3.8) is 0 Å². The van der Waals surface area contributed by atoms with Crippen LogP contribution in [0, 0.1) is 10.1 Å². The largest absolute Gasteiger partial charge is 0.319 e. The fourth-order valence-corrected chi connectivity index (χ4v) is 1.41. The molecular weight excluding hydrogens is 274 g/mol. The fraction of sp³-hybridized carbons (Fsp3) is 0.250. The smallest absolute Gasteiger partial charge is 0.283 e. The lowest BCUT2D eigenvalue weighted by molar-refractivity contribution is -0.385. The zero-order valence-electron chi connectivity index (χ0n) is 7.36. The second-order valence-electron chi connectivity index (χ2n) is 2.83. The molecule has 2 N–H and O–H groups in total. The molecule has 1 aromatic carbocycles. The van der Waals surface area contributed by atoms with Crippen molar-refractivity contribution >= 4 is 21.6 Å². The quantitative estimate of drug-likeness (QED) is 0.684. The highest BCUT2D eigenvalue weighted by Gasteiger charge is 2.21. The van der Waals surface area contributed by atoms with Crippen LogP contribution in [0.5, 0.6) is 0 Å². The molecule has 1 aromatic rings. The van der Waals surface area contributed by atoms with Crippen molar-refractivity contribution in [1.82, 2.24) is 0 Å². The third-order valence-corrected chi connectivity index (χ3v) is 2.49. The topological polar surface area (TPSA) is 69.2 Å². The second kappa shape index (κ2) is 4.63. The zero-order chi connectivity index (χ0) is 11.6. The molecule has 1 atom stereocenters. The van der Waals surface area contributed by atoms with Gasteiger partial charge in [0.1, 0.15) is 0 Å². The average Bonchev–Trinajstić information content (AvgIpc) is 2.16. The van der Waals surface area contributed by atoms with Crippen LogP contribution in [0.4, 0.5) is 14.5 Å². The maximum absolute atomic E-state index is 12.2. The Bertz CT molecular complexity index is 387. The Morgan fingerprint density at radius 2 is 2.07 bits per heavy atom. The van der Waals surface area contributed by atoms with Crippen LogP contribution in [-0.2, 0) is 0 Å². The first kappa shape index (κ1) is 12.0. The maximum atomic E-state index is 12.2. The third-order valence-electron chi connectivity index (χ3n) is 1.82. The molecule has 82 valence electrons. The van der Waals surface area contributed by atoms with Crippen molar-refractivity contribution in [3.8, 4) is 0 Å². The fourth-order valence-electron chi connectivity index (χ4n) is 1.02. The monoisotopic (exact) mass is 280 g/mol. The Labute approximate surface area is 92.4 Å². The molecule has 0 fully saturated rings. The van der Waals surface area contributed by atoms with E-state index in [1.54, 1.807) is 0 Å². The molecule has 15 heavy (non-hydrogen) atoms. The number of nitrogens with two attached hydrogens (primary N) is 1. The molecule has 0 saturated heterocycles. The van der Waals surface area contributed by atoms with Crippen molar-refractivity contribution < 1.29 is 13.7 Å². The first-order valence-corrected chi connectivity index (χ1v) is 4.70. The highest BCUT2D eigenvalue weighted by Crippen LogP contribution is 2.29. The van der Waals surface area contributed by atoms with Crippen molar-refractivity contribution in [2.24, 2.45) is 5.73 Å². The summed E-state index contributed by atoms with van der Waals surface area (Å²) in [5.41, 5.74) is 4.94. The molecule has 0 bridgehead atoms. The number of nitro benzene ring substituents is 1. The van der Waals surface area contributed by atoms with E-state index in [2.05, 4.69) is 15.9 Å². The van der Waals surface area contributed by atoms with Gasteiger partial charge in [-0.1, -0.05) is 6.07 Å². The zero-order valence-corrected chi connectivity index (χ0v) is 8.95. The van der Waals surface area contributed by atoms with Gasteiger partial charge in [-0.15, -0.1) is 0 Å².